The highest BCUT2D eigenvalue weighted by Crippen LogP contribution is 2.30. The van der Waals surface area contributed by atoms with Crippen LogP contribution in [-0.4, -0.2) is 28.4 Å². The second-order valence-corrected chi connectivity index (χ2v) is 4.97. The molecule has 2 rings (SSSR count). The molecule has 1 aromatic rings. The highest BCUT2D eigenvalue weighted by Gasteiger charge is 2.28. The number of hydrogen-bond acceptors (Lipinski definition) is 3. The molecule has 0 spiro atoms. The molecule has 4 heteroatoms. The molecular weight excluding hydrogens is 214 g/mol. The number of rotatable bonds is 4. The van der Waals surface area contributed by atoms with Gasteiger partial charge in [0.2, 0.25) is 0 Å². The van der Waals surface area contributed by atoms with Crippen molar-refractivity contribution in [1.29, 1.82) is 0 Å². The van der Waals surface area contributed by atoms with Crippen LogP contribution < -0.4 is 5.73 Å². The van der Waals surface area contributed by atoms with Crippen LogP contribution in [0.2, 0.25) is 0 Å². The van der Waals surface area contributed by atoms with E-state index in [1.807, 2.05) is 18.7 Å². The lowest BCUT2D eigenvalue weighted by Crippen LogP contribution is -2.38. The smallest absolute Gasteiger partial charge is 0.255 e. The van der Waals surface area contributed by atoms with Crippen molar-refractivity contribution < 1.29 is 4.79 Å². The number of anilines is 1. The first kappa shape index (κ1) is 11.9. The number of nitrogen functional groups attached to an aromatic ring is 1. The van der Waals surface area contributed by atoms with Gasteiger partial charge in [-0.1, -0.05) is 0 Å². The van der Waals surface area contributed by atoms with Gasteiger partial charge in [-0.15, -0.1) is 0 Å². The first-order valence-electron chi connectivity index (χ1n) is 6.10. The third kappa shape index (κ3) is 2.96. The SMILES string of the molecule is CC(C)N(CC1CC1)C(=O)c1ccc(N)nc1. The van der Waals surface area contributed by atoms with E-state index in [0.29, 0.717) is 17.3 Å². The standard InChI is InChI=1S/C13H19N3O/c1-9(2)16(8-10-3-4-10)13(17)11-5-6-12(14)15-7-11/h5-7,9-10H,3-4,8H2,1-2H3,(H2,14,15). The van der Waals surface area contributed by atoms with Crippen LogP contribution in [0, 0.1) is 5.92 Å². The Morgan fingerprint density at radius 2 is 2.24 bits per heavy atom. The average molecular weight is 233 g/mol. The maximum atomic E-state index is 12.3. The summed E-state index contributed by atoms with van der Waals surface area (Å²) in [5, 5.41) is 0. The predicted molar refractivity (Wildman–Crippen MR) is 67.5 cm³/mol. The summed E-state index contributed by atoms with van der Waals surface area (Å²) in [5.74, 6) is 1.20. The van der Waals surface area contributed by atoms with E-state index in [9.17, 15) is 4.79 Å². The van der Waals surface area contributed by atoms with Crippen LogP contribution in [0.25, 0.3) is 0 Å². The largest absolute Gasteiger partial charge is 0.384 e. The van der Waals surface area contributed by atoms with E-state index < -0.39 is 0 Å². The predicted octanol–water partition coefficient (Wildman–Crippen LogP) is 1.92. The van der Waals surface area contributed by atoms with Gasteiger partial charge in [-0.25, -0.2) is 4.98 Å². The monoisotopic (exact) mass is 233 g/mol. The number of nitrogens with zero attached hydrogens (tertiary/aromatic N) is 2. The molecule has 1 aliphatic carbocycles. The summed E-state index contributed by atoms with van der Waals surface area (Å²) >= 11 is 0. The Bertz CT molecular complexity index is 396. The molecule has 4 nitrogen and oxygen atoms in total. The van der Waals surface area contributed by atoms with Gasteiger partial charge in [0, 0.05) is 18.8 Å². The van der Waals surface area contributed by atoms with Crippen molar-refractivity contribution >= 4 is 11.7 Å². The van der Waals surface area contributed by atoms with Gasteiger partial charge >= 0.3 is 0 Å². The molecule has 1 aromatic heterocycles. The molecule has 1 aliphatic rings. The van der Waals surface area contributed by atoms with E-state index in [1.165, 1.54) is 12.8 Å². The molecule has 0 saturated heterocycles. The van der Waals surface area contributed by atoms with Gasteiger partial charge in [0.25, 0.3) is 5.91 Å². The van der Waals surface area contributed by atoms with Gasteiger partial charge < -0.3 is 10.6 Å². The molecule has 0 aliphatic heterocycles. The van der Waals surface area contributed by atoms with E-state index in [1.54, 1.807) is 18.3 Å². The number of aromatic nitrogens is 1. The molecule has 2 N–H and O–H groups in total. The molecule has 0 atom stereocenters. The van der Waals surface area contributed by atoms with Crippen LogP contribution in [0.4, 0.5) is 5.82 Å². The summed E-state index contributed by atoms with van der Waals surface area (Å²) in [6.07, 6.45) is 4.05. The van der Waals surface area contributed by atoms with Crippen molar-refractivity contribution in [2.24, 2.45) is 5.92 Å². The van der Waals surface area contributed by atoms with Gasteiger partial charge in [0.05, 0.1) is 5.56 Å². The zero-order valence-corrected chi connectivity index (χ0v) is 10.4. The van der Waals surface area contributed by atoms with Crippen molar-refractivity contribution in [2.45, 2.75) is 32.7 Å². The molecule has 1 heterocycles. The minimum Gasteiger partial charge on any atom is -0.384 e. The second kappa shape index (κ2) is 4.73. The van der Waals surface area contributed by atoms with E-state index in [4.69, 9.17) is 5.73 Å². The number of carbonyl (C=O) groups is 1. The van der Waals surface area contributed by atoms with E-state index in [0.717, 1.165) is 6.54 Å². The van der Waals surface area contributed by atoms with Crippen molar-refractivity contribution in [3.63, 3.8) is 0 Å². The summed E-state index contributed by atoms with van der Waals surface area (Å²) in [5.41, 5.74) is 6.14. The zero-order valence-electron chi connectivity index (χ0n) is 10.4. The van der Waals surface area contributed by atoms with Gasteiger partial charge in [0.1, 0.15) is 5.82 Å². The average Bonchev–Trinajstić information content (AvgIpc) is 3.09. The number of amides is 1. The minimum atomic E-state index is 0.0550. The molecule has 92 valence electrons. The van der Waals surface area contributed by atoms with Crippen molar-refractivity contribution in [3.8, 4) is 0 Å². The molecule has 1 saturated carbocycles. The van der Waals surface area contributed by atoms with Crippen LogP contribution in [-0.2, 0) is 0 Å². The molecule has 17 heavy (non-hydrogen) atoms. The molecule has 1 amide bonds. The number of nitrogens with two attached hydrogens (primary N) is 1. The fourth-order valence-electron chi connectivity index (χ4n) is 1.80. The molecule has 1 fully saturated rings. The van der Waals surface area contributed by atoms with Crippen molar-refractivity contribution in [1.82, 2.24) is 9.88 Å². The Morgan fingerprint density at radius 3 is 2.71 bits per heavy atom. The Balaban J connectivity index is 2.11. The molecule has 0 radical (unpaired) electrons. The summed E-state index contributed by atoms with van der Waals surface area (Å²) in [4.78, 5) is 18.2. The van der Waals surface area contributed by atoms with Crippen molar-refractivity contribution in [3.05, 3.63) is 23.9 Å². The zero-order chi connectivity index (χ0) is 12.4. The van der Waals surface area contributed by atoms with Crippen LogP contribution in [0.5, 0.6) is 0 Å². The van der Waals surface area contributed by atoms with Gasteiger partial charge in [-0.3, -0.25) is 4.79 Å². The van der Waals surface area contributed by atoms with Gasteiger partial charge in [0.15, 0.2) is 0 Å². The maximum absolute atomic E-state index is 12.3. The summed E-state index contributed by atoms with van der Waals surface area (Å²) < 4.78 is 0. The maximum Gasteiger partial charge on any atom is 0.255 e. The van der Waals surface area contributed by atoms with Crippen LogP contribution in [0.1, 0.15) is 37.0 Å². The summed E-state index contributed by atoms with van der Waals surface area (Å²) in [7, 11) is 0. The molecular formula is C13H19N3O. The third-order valence-corrected chi connectivity index (χ3v) is 3.07. The number of hydrogen-bond donors (Lipinski definition) is 1. The first-order valence-corrected chi connectivity index (χ1v) is 6.10. The van der Waals surface area contributed by atoms with E-state index in [2.05, 4.69) is 4.98 Å². The molecule has 0 bridgehead atoms. The third-order valence-electron chi connectivity index (χ3n) is 3.07. The topological polar surface area (TPSA) is 59.2 Å². The summed E-state index contributed by atoms with van der Waals surface area (Å²) in [6, 6.07) is 3.64. The highest BCUT2D eigenvalue weighted by atomic mass is 16.2. The summed E-state index contributed by atoms with van der Waals surface area (Å²) in [6.45, 7) is 4.96. The minimum absolute atomic E-state index is 0.0550. The fourth-order valence-corrected chi connectivity index (χ4v) is 1.80. The van der Waals surface area contributed by atoms with E-state index >= 15 is 0 Å². The second-order valence-electron chi connectivity index (χ2n) is 4.97. The lowest BCUT2D eigenvalue weighted by molar-refractivity contribution is 0.0696. The normalized spacial score (nSPS) is 15.0. The Kier molecular flexibility index (Phi) is 3.31. The first-order chi connectivity index (χ1) is 8.08. The Labute approximate surface area is 102 Å². The lowest BCUT2D eigenvalue weighted by Gasteiger charge is -2.26. The quantitative estimate of drug-likeness (QED) is 0.864. The van der Waals surface area contributed by atoms with Gasteiger partial charge in [-0.2, -0.15) is 0 Å². The highest BCUT2D eigenvalue weighted by molar-refractivity contribution is 5.94. The van der Waals surface area contributed by atoms with Gasteiger partial charge in [-0.05, 0) is 44.7 Å². The fraction of sp³-hybridized carbons (Fsp3) is 0.538. The Hall–Kier alpha value is -1.58. The molecule has 0 aromatic carbocycles. The lowest BCUT2D eigenvalue weighted by atomic mass is 10.2. The molecule has 0 unspecified atom stereocenters. The number of carbonyl (C=O) groups excluding carboxylic acids is 1. The number of pyridine rings is 1. The van der Waals surface area contributed by atoms with Crippen LogP contribution >= 0.6 is 0 Å². The van der Waals surface area contributed by atoms with Crippen molar-refractivity contribution in [2.75, 3.05) is 12.3 Å². The Morgan fingerprint density at radius 1 is 1.53 bits per heavy atom. The van der Waals surface area contributed by atoms with Crippen LogP contribution in [0.3, 0.4) is 0 Å². The van der Waals surface area contributed by atoms with E-state index in [-0.39, 0.29) is 11.9 Å². The van der Waals surface area contributed by atoms with Crippen LogP contribution in [0.15, 0.2) is 18.3 Å².